The summed E-state index contributed by atoms with van der Waals surface area (Å²) < 4.78 is 11.5. The summed E-state index contributed by atoms with van der Waals surface area (Å²) in [6.45, 7) is 0. The fraction of sp³-hybridized carbons (Fsp3) is 0. The van der Waals surface area contributed by atoms with Crippen molar-refractivity contribution in [2.24, 2.45) is 0 Å². The monoisotopic (exact) mass is 344 g/mol. The van der Waals surface area contributed by atoms with E-state index in [0.29, 0.717) is 34.7 Å². The van der Waals surface area contributed by atoms with Crippen LogP contribution in [-0.4, -0.2) is 10.2 Å². The highest BCUT2D eigenvalue weighted by atomic mass is 16.5. The van der Waals surface area contributed by atoms with Crippen LogP contribution in [-0.2, 0) is 0 Å². The lowest BCUT2D eigenvalue weighted by Gasteiger charge is -2.06. The second-order valence-corrected chi connectivity index (χ2v) is 5.73. The number of ether oxygens (including phenoxy) is 1. The van der Waals surface area contributed by atoms with E-state index in [4.69, 9.17) is 20.6 Å². The van der Waals surface area contributed by atoms with Crippen LogP contribution in [0.4, 0.5) is 11.4 Å². The van der Waals surface area contributed by atoms with Crippen molar-refractivity contribution in [1.29, 1.82) is 0 Å². The number of nitrogens with two attached hydrogens (primary N) is 2. The highest BCUT2D eigenvalue weighted by molar-refractivity contribution is 5.62. The minimum atomic E-state index is 0.425. The van der Waals surface area contributed by atoms with Crippen molar-refractivity contribution in [2.75, 3.05) is 11.5 Å². The van der Waals surface area contributed by atoms with Crippen molar-refractivity contribution in [1.82, 2.24) is 10.2 Å². The predicted molar refractivity (Wildman–Crippen MR) is 101 cm³/mol. The Morgan fingerprint density at radius 2 is 1.27 bits per heavy atom. The number of aromatic nitrogens is 2. The smallest absolute Gasteiger partial charge is 0.248 e. The summed E-state index contributed by atoms with van der Waals surface area (Å²) in [6, 6.07) is 22.0. The quantitative estimate of drug-likeness (QED) is 0.534. The molecule has 26 heavy (non-hydrogen) atoms. The van der Waals surface area contributed by atoms with E-state index in [1.807, 2.05) is 48.5 Å². The summed E-state index contributed by atoms with van der Waals surface area (Å²) in [5.74, 6) is 2.28. The molecule has 0 saturated heterocycles. The number of benzene rings is 3. The van der Waals surface area contributed by atoms with Crippen molar-refractivity contribution in [3.63, 3.8) is 0 Å². The molecule has 1 heterocycles. The second kappa shape index (κ2) is 6.60. The van der Waals surface area contributed by atoms with Gasteiger partial charge in [-0.25, -0.2) is 0 Å². The van der Waals surface area contributed by atoms with E-state index >= 15 is 0 Å². The first-order chi connectivity index (χ1) is 12.7. The average molecular weight is 344 g/mol. The first-order valence-corrected chi connectivity index (χ1v) is 8.01. The molecule has 4 aromatic rings. The Balaban J connectivity index is 1.53. The lowest BCUT2D eigenvalue weighted by Crippen LogP contribution is -1.87. The molecule has 3 aromatic carbocycles. The molecule has 128 valence electrons. The first-order valence-electron chi connectivity index (χ1n) is 8.01. The molecule has 0 aliphatic rings. The molecule has 4 N–H and O–H groups in total. The number of nitrogen functional groups attached to an aromatic ring is 2. The van der Waals surface area contributed by atoms with E-state index in [-0.39, 0.29) is 0 Å². The van der Waals surface area contributed by atoms with Gasteiger partial charge in [0.25, 0.3) is 0 Å². The molecule has 0 atom stereocenters. The molecule has 6 heteroatoms. The van der Waals surface area contributed by atoms with Gasteiger partial charge in [0, 0.05) is 22.5 Å². The van der Waals surface area contributed by atoms with Crippen molar-refractivity contribution in [3.05, 3.63) is 72.8 Å². The third-order valence-electron chi connectivity index (χ3n) is 3.78. The summed E-state index contributed by atoms with van der Waals surface area (Å²) in [4.78, 5) is 0. The third-order valence-corrected chi connectivity index (χ3v) is 3.78. The number of nitrogens with zero attached hydrogens (tertiary/aromatic N) is 2. The van der Waals surface area contributed by atoms with Crippen LogP contribution in [0.1, 0.15) is 0 Å². The van der Waals surface area contributed by atoms with E-state index < -0.39 is 0 Å². The average Bonchev–Trinajstić information content (AvgIpc) is 3.14. The molecule has 0 aliphatic carbocycles. The zero-order valence-electron chi connectivity index (χ0n) is 13.8. The lowest BCUT2D eigenvalue weighted by molar-refractivity contribution is 0.483. The molecule has 0 bridgehead atoms. The predicted octanol–water partition coefficient (Wildman–Crippen LogP) is 4.36. The van der Waals surface area contributed by atoms with Crippen LogP contribution in [0.3, 0.4) is 0 Å². The van der Waals surface area contributed by atoms with E-state index in [2.05, 4.69) is 10.2 Å². The van der Waals surface area contributed by atoms with Crippen LogP contribution in [0.25, 0.3) is 22.9 Å². The molecular formula is C20H16N4O2. The maximum atomic E-state index is 5.79. The Morgan fingerprint density at radius 3 is 1.92 bits per heavy atom. The number of hydrogen-bond acceptors (Lipinski definition) is 6. The van der Waals surface area contributed by atoms with Gasteiger partial charge in [0.2, 0.25) is 11.8 Å². The van der Waals surface area contributed by atoms with Crippen LogP contribution in [0, 0.1) is 0 Å². The normalized spacial score (nSPS) is 10.6. The number of rotatable bonds is 4. The topological polar surface area (TPSA) is 100 Å². The molecule has 0 fully saturated rings. The Morgan fingerprint density at radius 1 is 0.654 bits per heavy atom. The van der Waals surface area contributed by atoms with Crippen molar-refractivity contribution in [2.45, 2.75) is 0 Å². The zero-order valence-corrected chi connectivity index (χ0v) is 13.8. The highest BCUT2D eigenvalue weighted by Crippen LogP contribution is 2.28. The van der Waals surface area contributed by atoms with Crippen LogP contribution in [0.2, 0.25) is 0 Å². The molecule has 0 saturated carbocycles. The molecular weight excluding hydrogens is 328 g/mol. The molecule has 0 unspecified atom stereocenters. The minimum Gasteiger partial charge on any atom is -0.457 e. The minimum absolute atomic E-state index is 0.425. The molecule has 6 nitrogen and oxygen atoms in total. The fourth-order valence-electron chi connectivity index (χ4n) is 2.47. The maximum absolute atomic E-state index is 5.79. The Kier molecular flexibility index (Phi) is 3.99. The standard InChI is InChI=1S/C20H16N4O2/c21-15-6-10-18(11-7-15)25-17-8-4-13(5-9-17)19-23-24-20(26-19)14-2-1-3-16(22)12-14/h1-12H,21-22H2. The molecule has 0 spiro atoms. The van der Waals surface area contributed by atoms with Gasteiger partial charge < -0.3 is 20.6 Å². The Bertz CT molecular complexity index is 1020. The van der Waals surface area contributed by atoms with Gasteiger partial charge in [-0.3, -0.25) is 0 Å². The molecule has 0 radical (unpaired) electrons. The number of anilines is 2. The van der Waals surface area contributed by atoms with Gasteiger partial charge in [-0.1, -0.05) is 6.07 Å². The third kappa shape index (κ3) is 3.34. The van der Waals surface area contributed by atoms with E-state index in [1.54, 1.807) is 24.3 Å². The van der Waals surface area contributed by atoms with E-state index in [1.165, 1.54) is 0 Å². The van der Waals surface area contributed by atoms with Crippen molar-refractivity contribution < 1.29 is 9.15 Å². The van der Waals surface area contributed by atoms with Gasteiger partial charge >= 0.3 is 0 Å². The van der Waals surface area contributed by atoms with Crippen molar-refractivity contribution in [3.8, 4) is 34.4 Å². The number of hydrogen-bond donors (Lipinski definition) is 2. The summed E-state index contributed by atoms with van der Waals surface area (Å²) in [5.41, 5.74) is 14.4. The molecule has 4 rings (SSSR count). The van der Waals surface area contributed by atoms with Crippen LogP contribution in [0.15, 0.2) is 77.2 Å². The van der Waals surface area contributed by atoms with E-state index in [9.17, 15) is 0 Å². The van der Waals surface area contributed by atoms with E-state index in [0.717, 1.165) is 11.1 Å². The largest absolute Gasteiger partial charge is 0.457 e. The molecule has 0 amide bonds. The second-order valence-electron chi connectivity index (χ2n) is 5.73. The molecule has 0 aliphatic heterocycles. The van der Waals surface area contributed by atoms with Gasteiger partial charge in [-0.2, -0.15) is 0 Å². The summed E-state index contributed by atoms with van der Waals surface area (Å²) in [6.07, 6.45) is 0. The summed E-state index contributed by atoms with van der Waals surface area (Å²) in [7, 11) is 0. The van der Waals surface area contributed by atoms with Crippen LogP contribution in [0.5, 0.6) is 11.5 Å². The van der Waals surface area contributed by atoms with Gasteiger partial charge in [0.1, 0.15) is 11.5 Å². The first kappa shape index (κ1) is 15.7. The zero-order chi connectivity index (χ0) is 17.9. The summed E-state index contributed by atoms with van der Waals surface area (Å²) in [5, 5.41) is 8.19. The Hall–Kier alpha value is -3.80. The lowest BCUT2D eigenvalue weighted by atomic mass is 10.2. The van der Waals surface area contributed by atoms with Crippen LogP contribution >= 0.6 is 0 Å². The van der Waals surface area contributed by atoms with Crippen molar-refractivity contribution >= 4 is 11.4 Å². The van der Waals surface area contributed by atoms with Gasteiger partial charge in [-0.15, -0.1) is 10.2 Å². The van der Waals surface area contributed by atoms with Gasteiger partial charge in [0.15, 0.2) is 0 Å². The van der Waals surface area contributed by atoms with Gasteiger partial charge in [-0.05, 0) is 66.7 Å². The van der Waals surface area contributed by atoms with Crippen LogP contribution < -0.4 is 16.2 Å². The van der Waals surface area contributed by atoms with Gasteiger partial charge in [0.05, 0.1) is 0 Å². The summed E-state index contributed by atoms with van der Waals surface area (Å²) >= 11 is 0. The SMILES string of the molecule is Nc1ccc(Oc2ccc(-c3nnc(-c4cccc(N)c4)o3)cc2)cc1. The molecule has 1 aromatic heterocycles. The maximum Gasteiger partial charge on any atom is 0.248 e. The Labute approximate surface area is 150 Å². The fourth-order valence-corrected chi connectivity index (χ4v) is 2.47. The highest BCUT2D eigenvalue weighted by Gasteiger charge is 2.11.